The topological polar surface area (TPSA) is 317 Å². The van der Waals surface area contributed by atoms with Gasteiger partial charge in [0, 0.05) is 122 Å². The maximum atomic E-state index is 7.32. The summed E-state index contributed by atoms with van der Waals surface area (Å²) >= 11 is -3.66. The summed E-state index contributed by atoms with van der Waals surface area (Å²) in [6, 6.07) is 15.8. The van der Waals surface area contributed by atoms with Crippen LogP contribution in [0.3, 0.4) is 0 Å². The minimum atomic E-state index is -1.22. The van der Waals surface area contributed by atoms with E-state index in [1.54, 1.807) is 54.6 Å². The van der Waals surface area contributed by atoms with Gasteiger partial charge in [0.2, 0.25) is 0 Å². The number of hydrogen-bond donors (Lipinski definition) is 0. The molecule has 1 unspecified atom stereocenters. The SMILES string of the molecule is C.C.C#N.C#N.C1CCOC1.CC.CC#N.CC#N.CC#N.CC#N.CC#N.CC#N.CC#N.CC#N.CC#N.CC1CCCO1.[Br][Ce]([Br])[Br].[Br][Ce]([Br])[Br].[Br][Ce]([Br])[Br].[CH-]1CCCO1.[CH-]1CCCO1.[CH-]1CCCO1.[CH-]1CCCO1.[CH3-].[CH3-]. The molecule has 6 saturated heterocycles. The number of rotatable bonds is 0. The smallest absolute Gasteiger partial charge is 0.00878 e. The second-order valence-electron chi connectivity index (χ2n) is 10.5. The van der Waals surface area contributed by atoms with Gasteiger partial charge in [-0.1, -0.05) is 54.4 Å². The first kappa shape index (κ1) is 136. The van der Waals surface area contributed by atoms with Gasteiger partial charge in [-0.05, 0) is 32.6 Å². The number of ether oxygens (including phenoxy) is 6. The summed E-state index contributed by atoms with van der Waals surface area (Å²) in [7, 11) is 29.9. The van der Waals surface area contributed by atoms with E-state index in [0.717, 1.165) is 71.9 Å². The van der Waals surface area contributed by atoms with Crippen molar-refractivity contribution < 1.29 is 107 Å². The predicted octanol–water partition coefficient (Wildman–Crippen LogP) is 21.7. The fourth-order valence-corrected chi connectivity index (χ4v) is 2.92. The van der Waals surface area contributed by atoms with E-state index >= 15 is 0 Å². The largest absolute Gasteiger partial charge is 0.552 e. The molecule has 1 atom stereocenters. The molecular formula is C51H95Br9Ce3N11O6-6. The van der Waals surface area contributed by atoms with E-state index in [1.165, 1.54) is 114 Å². The van der Waals surface area contributed by atoms with E-state index in [-0.39, 0.29) is 29.7 Å². The Morgan fingerprint density at radius 1 is 0.362 bits per heavy atom. The molecule has 0 aliphatic carbocycles. The Kier molecular flexibility index (Phi) is 326. The average Bonchev–Trinajstić information content (AvgIpc) is 4.24. The van der Waals surface area contributed by atoms with E-state index in [0.29, 0.717) is 6.10 Å². The summed E-state index contributed by atoms with van der Waals surface area (Å²) in [5.74, 6) is 0. The van der Waals surface area contributed by atoms with Crippen LogP contribution in [-0.2, 0) is 28.4 Å². The molecule has 471 valence electrons. The minimum Gasteiger partial charge on any atom is -0.552 e. The van der Waals surface area contributed by atoms with Gasteiger partial charge in [-0.25, -0.2) is 37.0 Å². The third-order valence-electron chi connectivity index (χ3n) is 4.79. The van der Waals surface area contributed by atoms with Crippen molar-refractivity contribution in [3.63, 3.8) is 0 Å². The molecule has 0 N–H and O–H groups in total. The van der Waals surface area contributed by atoms with Gasteiger partial charge in [0.05, 0.1) is 60.7 Å². The van der Waals surface area contributed by atoms with E-state index in [2.05, 4.69) is 99.3 Å². The Hall–Kier alpha value is 2.60. The monoisotopic (exact) mass is 2090 g/mol. The van der Waals surface area contributed by atoms with Crippen LogP contribution in [0.5, 0.6) is 0 Å². The van der Waals surface area contributed by atoms with Crippen LogP contribution in [0.2, 0.25) is 0 Å². The van der Waals surface area contributed by atoms with Gasteiger partial charge < -0.3 is 43.3 Å². The Bertz CT molecular complexity index is 1050. The van der Waals surface area contributed by atoms with E-state index in [1.807, 2.05) is 40.3 Å². The van der Waals surface area contributed by atoms with Crippen LogP contribution in [0.1, 0.15) is 175 Å². The van der Waals surface area contributed by atoms with Gasteiger partial charge in [-0.2, -0.15) is 73.0 Å². The number of halogens is 9. The molecule has 0 aromatic heterocycles. The summed E-state index contributed by atoms with van der Waals surface area (Å²) in [6.07, 6.45) is 15.1. The van der Waals surface area contributed by atoms with Crippen molar-refractivity contribution in [1.29, 1.82) is 57.9 Å². The maximum Gasteiger partial charge on any atom is 0.00878 e. The zero-order valence-electron chi connectivity index (χ0n) is 48.2. The Morgan fingerprint density at radius 3 is 0.562 bits per heavy atom. The van der Waals surface area contributed by atoms with Crippen molar-refractivity contribution in [2.75, 3.05) is 46.2 Å². The van der Waals surface area contributed by atoms with Crippen molar-refractivity contribution in [3.05, 3.63) is 41.3 Å². The van der Waals surface area contributed by atoms with Crippen molar-refractivity contribution in [3.8, 4) is 67.8 Å². The van der Waals surface area contributed by atoms with Gasteiger partial charge in [-0.15, -0.1) is 0 Å². The fourth-order valence-electron chi connectivity index (χ4n) is 2.92. The molecule has 0 radical (unpaired) electrons. The molecule has 0 aromatic carbocycles. The van der Waals surface area contributed by atoms with Crippen molar-refractivity contribution in [2.24, 2.45) is 0 Å². The molecule has 0 spiro atoms. The summed E-state index contributed by atoms with van der Waals surface area (Å²) in [4.78, 5) is 0. The Morgan fingerprint density at radius 2 is 0.525 bits per heavy atom. The minimum absolute atomic E-state index is 0. The summed E-state index contributed by atoms with van der Waals surface area (Å²) < 4.78 is 29.4. The number of hydrogen-bond acceptors (Lipinski definition) is 17. The third kappa shape index (κ3) is 427. The molecule has 80 heavy (non-hydrogen) atoms. The fraction of sp³-hybridized carbons (Fsp3) is 0.667. The van der Waals surface area contributed by atoms with E-state index in [4.69, 9.17) is 86.3 Å². The molecule has 0 saturated carbocycles. The average molecular weight is 2100 g/mol. The first-order chi connectivity index (χ1) is 36.3. The predicted molar refractivity (Wildman–Crippen MR) is 356 cm³/mol. The number of nitrogens with zero attached hydrogens (tertiary/aromatic N) is 11. The maximum absolute atomic E-state index is 7.32. The van der Waals surface area contributed by atoms with Gasteiger partial charge in [0.25, 0.3) is 0 Å². The molecule has 6 aliphatic heterocycles. The van der Waals surface area contributed by atoms with Crippen molar-refractivity contribution in [2.45, 2.75) is 181 Å². The van der Waals surface area contributed by atoms with Crippen LogP contribution in [0.4, 0.5) is 0 Å². The summed E-state index contributed by atoms with van der Waals surface area (Å²) in [5.41, 5.74) is 0. The molecule has 6 fully saturated rings. The van der Waals surface area contributed by atoms with E-state index in [9.17, 15) is 0 Å². The molecule has 6 aliphatic rings. The van der Waals surface area contributed by atoms with Gasteiger partial charge in [-0.3, -0.25) is 0 Å². The molecule has 6 rings (SSSR count). The second-order valence-corrected chi connectivity index (χ2v) is 136. The van der Waals surface area contributed by atoms with Crippen LogP contribution in [0.25, 0.3) is 0 Å². The van der Waals surface area contributed by atoms with Gasteiger partial charge in [0.15, 0.2) is 0 Å². The molecular weight excluding hydrogens is 2000 g/mol. The first-order valence-corrected chi connectivity index (χ1v) is 84.7. The standard InChI is InChI=1S/C5H10O.C4H8O.4C4H7O.9C2H3N.C2H6.2CHN.2CH4.2CH3.9BrH.3Ce/c1-5-3-2-4-6-5;5*1-2-4-5-3-1;9*1-2-3;3*1-2;;;;;;;;;;;;;;;;/h5H,2-4H2,1H3;1-4H2;4*3H,1-2,4H2;9*1H3;1-2H3;2*1H;2*1H4;2*1H3;9*1H;;;/q;;4*-1;;;;;;;;;;;;;;;2*-1;;;;;;;;;;3*+3/p-9. The molecule has 0 amide bonds. The molecule has 0 aromatic rings. The molecule has 29 heteroatoms. The van der Waals surface area contributed by atoms with Gasteiger partial charge >= 0.3 is 157 Å². The van der Waals surface area contributed by atoms with Gasteiger partial charge in [0.1, 0.15) is 0 Å². The van der Waals surface area contributed by atoms with Crippen molar-refractivity contribution in [1.82, 2.24) is 0 Å². The Balaban J connectivity index is -0.0000000289. The van der Waals surface area contributed by atoms with Crippen LogP contribution >= 0.6 is 79.2 Å². The van der Waals surface area contributed by atoms with Crippen LogP contribution in [0, 0.1) is 245 Å². The summed E-state index contributed by atoms with van der Waals surface area (Å²) in [5, 5.41) is 78.9. The molecule has 0 bridgehead atoms. The molecule has 6 heterocycles. The Labute approximate surface area is 569 Å². The van der Waals surface area contributed by atoms with E-state index < -0.39 is 78.3 Å². The quantitative estimate of drug-likeness (QED) is 0.203. The third-order valence-corrected chi connectivity index (χ3v) is 4.79. The second kappa shape index (κ2) is 192. The van der Waals surface area contributed by atoms with Crippen LogP contribution in [0.15, 0.2) is 0 Å². The number of nitriles is 11. The summed E-state index contributed by atoms with van der Waals surface area (Å²) in [6.45, 7) is 40.2. The van der Waals surface area contributed by atoms with Crippen LogP contribution < -0.4 is 0 Å². The first-order valence-electron chi connectivity index (χ1n) is 22.0. The zero-order chi connectivity index (χ0) is 63.2. The normalized spacial score (nSPS) is 12.1. The van der Waals surface area contributed by atoms with Crippen LogP contribution in [-0.4, -0.2) is 52.4 Å². The molecule has 17 nitrogen and oxygen atoms in total. The zero-order valence-corrected chi connectivity index (χ0v) is 71.9. The van der Waals surface area contributed by atoms with Crippen molar-refractivity contribution >= 4 is 79.2 Å².